The molecule has 0 radical (unpaired) electrons. The Morgan fingerprint density at radius 3 is 3.00 bits per heavy atom. The normalized spacial score (nSPS) is 11.0. The first-order chi connectivity index (χ1) is 7.77. The first kappa shape index (κ1) is 8.78. The lowest BCUT2D eigenvalue weighted by molar-refractivity contribution is 0.0692. The molecule has 0 aliphatic carbocycles. The lowest BCUT2D eigenvalue weighted by Crippen LogP contribution is -1.96. The van der Waals surface area contributed by atoms with Gasteiger partial charge in [0.25, 0.3) is 0 Å². The first-order valence-corrected chi connectivity index (χ1v) is 4.57. The molecule has 6 heteroatoms. The minimum absolute atomic E-state index is 0.0792. The number of H-pyrrole nitrogens is 1. The molecule has 0 fully saturated rings. The molecule has 3 aromatic rings. The van der Waals surface area contributed by atoms with E-state index in [-0.39, 0.29) is 5.69 Å². The average Bonchev–Trinajstić information content (AvgIpc) is 2.73. The highest BCUT2D eigenvalue weighted by Crippen LogP contribution is 2.23. The van der Waals surface area contributed by atoms with Crippen LogP contribution in [0.5, 0.6) is 0 Å². The number of fused-ring (bicyclic) bond motifs is 3. The second kappa shape index (κ2) is 2.99. The maximum atomic E-state index is 10.9. The smallest absolute Gasteiger partial charge is 0.354 e. The van der Waals surface area contributed by atoms with Crippen molar-refractivity contribution in [2.75, 3.05) is 0 Å². The van der Waals surface area contributed by atoms with E-state index in [2.05, 4.69) is 20.2 Å². The van der Waals surface area contributed by atoms with Crippen LogP contribution in [0.1, 0.15) is 10.5 Å². The van der Waals surface area contributed by atoms with E-state index < -0.39 is 5.97 Å². The van der Waals surface area contributed by atoms with Crippen molar-refractivity contribution in [2.45, 2.75) is 0 Å². The summed E-state index contributed by atoms with van der Waals surface area (Å²) < 4.78 is 0. The number of benzene rings is 1. The number of aromatic nitrogens is 4. The average molecular weight is 214 g/mol. The largest absolute Gasteiger partial charge is 0.477 e. The van der Waals surface area contributed by atoms with Crippen LogP contribution in [0.2, 0.25) is 0 Å². The number of aromatic carboxylic acids is 1. The van der Waals surface area contributed by atoms with E-state index in [1.165, 1.54) is 6.33 Å². The van der Waals surface area contributed by atoms with Gasteiger partial charge in [-0.15, -0.1) is 0 Å². The molecule has 0 atom stereocenters. The van der Waals surface area contributed by atoms with Gasteiger partial charge < -0.3 is 5.11 Å². The highest BCUT2D eigenvalue weighted by molar-refractivity contribution is 6.09. The van der Waals surface area contributed by atoms with Crippen molar-refractivity contribution < 1.29 is 9.90 Å². The fourth-order valence-electron chi connectivity index (χ4n) is 1.69. The predicted molar refractivity (Wildman–Crippen MR) is 56.1 cm³/mol. The number of hydrogen-bond acceptors (Lipinski definition) is 4. The zero-order chi connectivity index (χ0) is 11.1. The van der Waals surface area contributed by atoms with Crippen molar-refractivity contribution in [3.05, 3.63) is 30.4 Å². The van der Waals surface area contributed by atoms with E-state index in [0.29, 0.717) is 16.4 Å². The standard InChI is InChI=1S/C10H6N4O2/c15-10(16)9-6-2-1-5-3-11-4-12-7(5)8(6)13-14-9/h1-4H,(H,13,14)(H,15,16). The Bertz CT molecular complexity index is 704. The summed E-state index contributed by atoms with van der Waals surface area (Å²) in [5.74, 6) is -1.03. The van der Waals surface area contributed by atoms with Crippen LogP contribution in [0.3, 0.4) is 0 Å². The van der Waals surface area contributed by atoms with Crippen LogP contribution in [0, 0.1) is 0 Å². The zero-order valence-corrected chi connectivity index (χ0v) is 8.01. The molecule has 0 saturated carbocycles. The van der Waals surface area contributed by atoms with Crippen LogP contribution in [0.25, 0.3) is 21.8 Å². The van der Waals surface area contributed by atoms with Gasteiger partial charge in [-0.1, -0.05) is 6.07 Å². The number of carboxylic acids is 1. The number of aromatic amines is 1. The first-order valence-electron chi connectivity index (χ1n) is 4.57. The van der Waals surface area contributed by atoms with Crippen molar-refractivity contribution in [3.63, 3.8) is 0 Å². The van der Waals surface area contributed by atoms with Crippen LogP contribution < -0.4 is 0 Å². The topological polar surface area (TPSA) is 91.8 Å². The highest BCUT2D eigenvalue weighted by Gasteiger charge is 2.14. The monoisotopic (exact) mass is 214 g/mol. The van der Waals surface area contributed by atoms with Crippen LogP contribution in [0.4, 0.5) is 0 Å². The summed E-state index contributed by atoms with van der Waals surface area (Å²) in [6, 6.07) is 3.48. The Kier molecular flexibility index (Phi) is 1.64. The van der Waals surface area contributed by atoms with E-state index in [0.717, 1.165) is 5.39 Å². The number of hydrogen-bond donors (Lipinski definition) is 2. The van der Waals surface area contributed by atoms with Gasteiger partial charge in [-0.25, -0.2) is 14.8 Å². The molecule has 0 unspecified atom stereocenters. The van der Waals surface area contributed by atoms with Gasteiger partial charge in [0.05, 0.1) is 0 Å². The zero-order valence-electron chi connectivity index (χ0n) is 8.01. The third kappa shape index (κ3) is 1.07. The van der Waals surface area contributed by atoms with Gasteiger partial charge in [-0.05, 0) is 6.07 Å². The van der Waals surface area contributed by atoms with E-state index in [4.69, 9.17) is 5.11 Å². The fraction of sp³-hybridized carbons (Fsp3) is 0. The molecule has 78 valence electrons. The van der Waals surface area contributed by atoms with E-state index in [1.54, 1.807) is 18.3 Å². The second-order valence-electron chi connectivity index (χ2n) is 3.33. The summed E-state index contributed by atoms with van der Waals surface area (Å²) in [6.45, 7) is 0. The van der Waals surface area contributed by atoms with Crippen molar-refractivity contribution in [2.24, 2.45) is 0 Å². The minimum atomic E-state index is -1.03. The van der Waals surface area contributed by atoms with E-state index in [1.807, 2.05) is 0 Å². The van der Waals surface area contributed by atoms with Gasteiger partial charge in [0.15, 0.2) is 5.69 Å². The quantitative estimate of drug-likeness (QED) is 0.635. The van der Waals surface area contributed by atoms with E-state index >= 15 is 0 Å². The summed E-state index contributed by atoms with van der Waals surface area (Å²) >= 11 is 0. The molecule has 2 N–H and O–H groups in total. The third-order valence-corrected chi connectivity index (χ3v) is 2.41. The maximum absolute atomic E-state index is 10.9. The van der Waals surface area contributed by atoms with Gasteiger partial charge in [-0.3, -0.25) is 5.10 Å². The van der Waals surface area contributed by atoms with Crippen molar-refractivity contribution in [1.29, 1.82) is 0 Å². The lowest BCUT2D eigenvalue weighted by atomic mass is 10.1. The van der Waals surface area contributed by atoms with Gasteiger partial charge in [0, 0.05) is 17.0 Å². The summed E-state index contributed by atoms with van der Waals surface area (Å²) in [6.07, 6.45) is 3.08. The Morgan fingerprint density at radius 1 is 1.31 bits per heavy atom. The van der Waals surface area contributed by atoms with Gasteiger partial charge in [0.2, 0.25) is 0 Å². The van der Waals surface area contributed by atoms with Crippen LogP contribution in [-0.2, 0) is 0 Å². The summed E-state index contributed by atoms with van der Waals surface area (Å²) in [5.41, 5.74) is 1.28. The van der Waals surface area contributed by atoms with Crippen LogP contribution >= 0.6 is 0 Å². The number of carboxylic acid groups (broad SMARTS) is 1. The van der Waals surface area contributed by atoms with Crippen LogP contribution in [-0.4, -0.2) is 31.2 Å². The molecule has 1 aromatic carbocycles. The molecule has 0 aliphatic heterocycles. The Labute approximate surface area is 89.0 Å². The fourth-order valence-corrected chi connectivity index (χ4v) is 1.69. The molecule has 2 heterocycles. The van der Waals surface area contributed by atoms with Gasteiger partial charge in [-0.2, -0.15) is 5.10 Å². The molecule has 0 aliphatic rings. The molecule has 16 heavy (non-hydrogen) atoms. The molecule has 0 spiro atoms. The Hall–Kier alpha value is -2.50. The highest BCUT2D eigenvalue weighted by atomic mass is 16.4. The Morgan fingerprint density at radius 2 is 2.19 bits per heavy atom. The number of nitrogens with zero attached hydrogens (tertiary/aromatic N) is 3. The molecule has 3 rings (SSSR count). The Balaban J connectivity index is 2.49. The van der Waals surface area contributed by atoms with Crippen LogP contribution in [0.15, 0.2) is 24.7 Å². The number of carbonyl (C=O) groups is 1. The second-order valence-corrected chi connectivity index (χ2v) is 3.33. The SMILES string of the molecule is O=C(O)c1[nH]nc2c1ccc1cncnc12. The number of nitrogens with one attached hydrogen (secondary N) is 1. The number of rotatable bonds is 1. The minimum Gasteiger partial charge on any atom is -0.477 e. The molecule has 6 nitrogen and oxygen atoms in total. The molecular weight excluding hydrogens is 208 g/mol. The van der Waals surface area contributed by atoms with Gasteiger partial charge in [0.1, 0.15) is 17.4 Å². The van der Waals surface area contributed by atoms with Crippen molar-refractivity contribution >= 4 is 27.8 Å². The molecular formula is C10H6N4O2. The lowest BCUT2D eigenvalue weighted by Gasteiger charge is -1.96. The van der Waals surface area contributed by atoms with Gasteiger partial charge >= 0.3 is 5.97 Å². The molecule has 2 aromatic heterocycles. The maximum Gasteiger partial charge on any atom is 0.354 e. The molecule has 0 saturated heterocycles. The summed E-state index contributed by atoms with van der Waals surface area (Å²) in [5, 5.41) is 16.8. The summed E-state index contributed by atoms with van der Waals surface area (Å²) in [7, 11) is 0. The third-order valence-electron chi connectivity index (χ3n) is 2.41. The molecule has 0 amide bonds. The van der Waals surface area contributed by atoms with E-state index in [9.17, 15) is 4.79 Å². The predicted octanol–water partition coefficient (Wildman–Crippen LogP) is 1.20. The summed E-state index contributed by atoms with van der Waals surface area (Å²) in [4.78, 5) is 18.9. The molecule has 0 bridgehead atoms. The van der Waals surface area contributed by atoms with Crippen molar-refractivity contribution in [3.8, 4) is 0 Å². The van der Waals surface area contributed by atoms with Crippen molar-refractivity contribution in [1.82, 2.24) is 20.2 Å².